The van der Waals surface area contributed by atoms with E-state index in [1.165, 1.54) is 7.11 Å². The molecule has 1 amide bonds. The van der Waals surface area contributed by atoms with Crippen molar-refractivity contribution in [2.45, 2.75) is 6.92 Å². The average Bonchev–Trinajstić information content (AvgIpc) is 2.12. The van der Waals surface area contributed by atoms with Gasteiger partial charge in [-0.1, -0.05) is 0 Å². The van der Waals surface area contributed by atoms with Gasteiger partial charge in [0.05, 0.1) is 0 Å². The highest BCUT2D eigenvalue weighted by Crippen LogP contribution is 2.16. The van der Waals surface area contributed by atoms with Gasteiger partial charge < -0.3 is 10.1 Å². The third kappa shape index (κ3) is 3.08. The van der Waals surface area contributed by atoms with Crippen LogP contribution >= 0.6 is 15.9 Å². The number of aryl methyl sites for hydroxylation is 1. The molecule has 1 N–H and O–H groups in total. The van der Waals surface area contributed by atoms with Crippen LogP contribution in [0.1, 0.15) is 5.56 Å². The van der Waals surface area contributed by atoms with E-state index in [4.69, 9.17) is 0 Å². The van der Waals surface area contributed by atoms with Gasteiger partial charge in [-0.25, -0.2) is 4.98 Å². The average molecular weight is 259 g/mol. The Morgan fingerprint density at radius 3 is 3.00 bits per heavy atom. The van der Waals surface area contributed by atoms with Crippen LogP contribution in [0, 0.1) is 6.92 Å². The number of hydrogen-bond acceptors (Lipinski definition) is 3. The van der Waals surface area contributed by atoms with Crippen molar-refractivity contribution in [1.82, 2.24) is 4.98 Å². The normalized spacial score (nSPS) is 9.93. The minimum atomic E-state index is -0.207. The van der Waals surface area contributed by atoms with Crippen molar-refractivity contribution in [2.75, 3.05) is 19.0 Å². The van der Waals surface area contributed by atoms with Gasteiger partial charge in [0.15, 0.2) is 0 Å². The first-order chi connectivity index (χ1) is 6.63. The first-order valence-electron chi connectivity index (χ1n) is 4.04. The fourth-order valence-corrected chi connectivity index (χ4v) is 1.13. The lowest BCUT2D eigenvalue weighted by atomic mass is 10.3. The minimum absolute atomic E-state index is 0.0385. The van der Waals surface area contributed by atoms with E-state index in [9.17, 15) is 4.79 Å². The molecule has 1 rings (SSSR count). The van der Waals surface area contributed by atoms with Crippen LogP contribution in [0.15, 0.2) is 16.7 Å². The summed E-state index contributed by atoms with van der Waals surface area (Å²) in [6.45, 7) is 1.97. The maximum Gasteiger partial charge on any atom is 0.251 e. The van der Waals surface area contributed by atoms with Crippen LogP contribution in [-0.4, -0.2) is 24.6 Å². The number of carbonyl (C=O) groups excluding carboxylic acids is 1. The molecule has 0 bridgehead atoms. The van der Waals surface area contributed by atoms with Crippen LogP contribution in [0.2, 0.25) is 0 Å². The van der Waals surface area contributed by atoms with Crippen molar-refractivity contribution in [3.63, 3.8) is 0 Å². The van der Waals surface area contributed by atoms with Gasteiger partial charge in [-0.2, -0.15) is 0 Å². The quantitative estimate of drug-likeness (QED) is 0.899. The summed E-state index contributed by atoms with van der Waals surface area (Å²) in [5, 5.41) is 2.62. The summed E-state index contributed by atoms with van der Waals surface area (Å²) in [7, 11) is 1.47. The smallest absolute Gasteiger partial charge is 0.251 e. The highest BCUT2D eigenvalue weighted by molar-refractivity contribution is 9.10. The van der Waals surface area contributed by atoms with Gasteiger partial charge in [0.1, 0.15) is 12.4 Å². The summed E-state index contributed by atoms with van der Waals surface area (Å²) < 4.78 is 5.60. The molecule has 0 radical (unpaired) electrons. The van der Waals surface area contributed by atoms with Gasteiger partial charge in [0.25, 0.3) is 5.91 Å². The third-order valence-electron chi connectivity index (χ3n) is 1.59. The summed E-state index contributed by atoms with van der Waals surface area (Å²) in [6, 6.07) is 1.79. The molecule has 76 valence electrons. The largest absolute Gasteiger partial charge is 0.375 e. The lowest BCUT2D eigenvalue weighted by Gasteiger charge is -2.04. The zero-order chi connectivity index (χ0) is 10.6. The number of ether oxygens (including phenoxy) is 1. The molecule has 0 unspecified atom stereocenters. The van der Waals surface area contributed by atoms with Crippen LogP contribution in [0.25, 0.3) is 0 Å². The Kier molecular flexibility index (Phi) is 4.03. The lowest BCUT2D eigenvalue weighted by Crippen LogP contribution is -2.17. The van der Waals surface area contributed by atoms with Crippen LogP contribution in [0.4, 0.5) is 5.82 Å². The number of carbonyl (C=O) groups is 1. The zero-order valence-corrected chi connectivity index (χ0v) is 9.59. The molecule has 0 saturated carbocycles. The van der Waals surface area contributed by atoms with E-state index >= 15 is 0 Å². The van der Waals surface area contributed by atoms with Crippen molar-refractivity contribution in [2.24, 2.45) is 0 Å². The molecule has 0 aliphatic carbocycles. The van der Waals surface area contributed by atoms with Gasteiger partial charge in [0, 0.05) is 17.8 Å². The molecule has 1 aromatic rings. The van der Waals surface area contributed by atoms with E-state index in [0.717, 1.165) is 10.0 Å². The molecule has 0 saturated heterocycles. The molecular weight excluding hydrogens is 248 g/mol. The number of amides is 1. The van der Waals surface area contributed by atoms with Crippen LogP contribution in [0.3, 0.4) is 0 Å². The molecule has 14 heavy (non-hydrogen) atoms. The number of nitrogens with one attached hydrogen (secondary N) is 1. The molecule has 0 aliphatic rings. The number of rotatable bonds is 3. The molecule has 5 heteroatoms. The Morgan fingerprint density at radius 2 is 2.43 bits per heavy atom. The minimum Gasteiger partial charge on any atom is -0.375 e. The van der Waals surface area contributed by atoms with Crippen molar-refractivity contribution < 1.29 is 9.53 Å². The Hall–Kier alpha value is -0.940. The number of methoxy groups -OCH3 is 1. The van der Waals surface area contributed by atoms with Gasteiger partial charge in [-0.15, -0.1) is 0 Å². The molecule has 0 aliphatic heterocycles. The van der Waals surface area contributed by atoms with Crippen LogP contribution in [-0.2, 0) is 9.53 Å². The fraction of sp³-hybridized carbons (Fsp3) is 0.333. The monoisotopic (exact) mass is 258 g/mol. The number of hydrogen-bond donors (Lipinski definition) is 1. The molecule has 1 aromatic heterocycles. The van der Waals surface area contributed by atoms with Crippen molar-refractivity contribution >= 4 is 27.7 Å². The Morgan fingerprint density at radius 1 is 1.71 bits per heavy atom. The summed E-state index contributed by atoms with van der Waals surface area (Å²) in [4.78, 5) is 15.1. The highest BCUT2D eigenvalue weighted by atomic mass is 79.9. The van der Waals surface area contributed by atoms with E-state index in [2.05, 4.69) is 31.0 Å². The predicted octanol–water partition coefficient (Wildman–Crippen LogP) is 1.74. The van der Waals surface area contributed by atoms with E-state index in [-0.39, 0.29) is 12.5 Å². The van der Waals surface area contributed by atoms with Gasteiger partial charge >= 0.3 is 0 Å². The topological polar surface area (TPSA) is 51.2 Å². The molecular formula is C9H11BrN2O2. The Balaban J connectivity index is 2.68. The number of halogens is 1. The van der Waals surface area contributed by atoms with Crippen LogP contribution < -0.4 is 5.32 Å². The summed E-state index contributed by atoms with van der Waals surface area (Å²) in [5.74, 6) is 0.328. The van der Waals surface area contributed by atoms with Crippen molar-refractivity contribution in [3.8, 4) is 0 Å². The van der Waals surface area contributed by atoms with Gasteiger partial charge in [-0.05, 0) is 34.5 Å². The van der Waals surface area contributed by atoms with Gasteiger partial charge in [0.2, 0.25) is 0 Å². The maximum absolute atomic E-state index is 11.1. The SMILES string of the molecule is COCC(=O)Nc1cc(C)c(Br)cn1. The third-order valence-corrected chi connectivity index (χ3v) is 2.42. The van der Waals surface area contributed by atoms with E-state index in [0.29, 0.717) is 5.82 Å². The second-order valence-corrected chi connectivity index (χ2v) is 3.65. The fourth-order valence-electron chi connectivity index (χ4n) is 0.918. The molecule has 0 fully saturated rings. The second kappa shape index (κ2) is 5.07. The summed E-state index contributed by atoms with van der Waals surface area (Å²) in [6.07, 6.45) is 1.65. The zero-order valence-electron chi connectivity index (χ0n) is 8.00. The second-order valence-electron chi connectivity index (χ2n) is 2.80. The van der Waals surface area contributed by atoms with Crippen molar-refractivity contribution in [3.05, 3.63) is 22.3 Å². The van der Waals surface area contributed by atoms with Crippen molar-refractivity contribution in [1.29, 1.82) is 0 Å². The summed E-state index contributed by atoms with van der Waals surface area (Å²) >= 11 is 3.33. The number of pyridine rings is 1. The lowest BCUT2D eigenvalue weighted by molar-refractivity contribution is -0.119. The standard InChI is InChI=1S/C9H11BrN2O2/c1-6-3-8(11-4-7(6)10)12-9(13)5-14-2/h3-4H,5H2,1-2H3,(H,11,12,13). The first kappa shape index (κ1) is 11.1. The van der Waals surface area contributed by atoms with E-state index in [1.54, 1.807) is 12.3 Å². The molecule has 0 aromatic carbocycles. The number of anilines is 1. The van der Waals surface area contributed by atoms with E-state index < -0.39 is 0 Å². The summed E-state index contributed by atoms with van der Waals surface area (Å²) in [5.41, 5.74) is 1.02. The highest BCUT2D eigenvalue weighted by Gasteiger charge is 2.03. The Labute approximate surface area is 90.8 Å². The number of aromatic nitrogens is 1. The maximum atomic E-state index is 11.1. The Bertz CT molecular complexity index is 342. The first-order valence-corrected chi connectivity index (χ1v) is 4.83. The van der Waals surface area contributed by atoms with Crippen LogP contribution in [0.5, 0.6) is 0 Å². The van der Waals surface area contributed by atoms with E-state index in [1.807, 2.05) is 6.92 Å². The molecule has 4 nitrogen and oxygen atoms in total. The molecule has 1 heterocycles. The predicted molar refractivity (Wildman–Crippen MR) is 57.2 cm³/mol. The van der Waals surface area contributed by atoms with Gasteiger partial charge in [-0.3, -0.25) is 4.79 Å². The number of nitrogens with zero attached hydrogens (tertiary/aromatic N) is 1. The molecule has 0 spiro atoms. The molecule has 0 atom stereocenters.